The molecule has 0 aromatic carbocycles. The first kappa shape index (κ1) is 8.49. The van der Waals surface area contributed by atoms with E-state index in [1.54, 1.807) is 0 Å². The minimum Gasteiger partial charge on any atom is -0.544 e. The van der Waals surface area contributed by atoms with Crippen LogP contribution in [-0.2, 0) is 4.79 Å². The summed E-state index contributed by atoms with van der Waals surface area (Å²) in [5.41, 5.74) is 0. The molecule has 1 aliphatic rings. The maximum absolute atomic E-state index is 10.2. The maximum atomic E-state index is 10.2. The van der Waals surface area contributed by atoms with E-state index in [0.717, 1.165) is 18.0 Å². The van der Waals surface area contributed by atoms with Gasteiger partial charge in [-0.3, -0.25) is 0 Å². The van der Waals surface area contributed by atoms with E-state index in [2.05, 4.69) is 0 Å². The van der Waals surface area contributed by atoms with Crippen LogP contribution < -0.4 is 10.0 Å². The second kappa shape index (κ2) is 3.69. The first-order valence-electron chi connectivity index (χ1n) is 3.90. The van der Waals surface area contributed by atoms with Gasteiger partial charge in [-0.15, -0.1) is 0 Å². The summed E-state index contributed by atoms with van der Waals surface area (Å²) >= 11 is 0. The van der Waals surface area contributed by atoms with E-state index < -0.39 is 5.97 Å². The average Bonchev–Trinajstić information content (AvgIpc) is 1.93. The van der Waals surface area contributed by atoms with Crippen molar-refractivity contribution in [3.63, 3.8) is 0 Å². The van der Waals surface area contributed by atoms with Crippen molar-refractivity contribution in [1.29, 1.82) is 0 Å². The summed E-state index contributed by atoms with van der Waals surface area (Å²) in [7, 11) is 0. The van der Waals surface area contributed by atoms with Crippen LogP contribution in [0, 0.1) is 0 Å². The predicted molar refractivity (Wildman–Crippen MR) is 35.8 cm³/mol. The van der Waals surface area contributed by atoms with Crippen molar-refractivity contribution in [3.8, 4) is 0 Å². The SMILES string of the molecule is O=C([O-])C[NH+]1CCC(O)CC1. The van der Waals surface area contributed by atoms with Crippen molar-refractivity contribution in [2.75, 3.05) is 19.6 Å². The lowest BCUT2D eigenvalue weighted by atomic mass is 10.1. The third-order valence-corrected chi connectivity index (χ3v) is 2.06. The summed E-state index contributed by atoms with van der Waals surface area (Å²) in [4.78, 5) is 11.2. The number of aliphatic hydroxyl groups excluding tert-OH is 1. The number of rotatable bonds is 2. The highest BCUT2D eigenvalue weighted by atomic mass is 16.4. The molecule has 4 nitrogen and oxygen atoms in total. The van der Waals surface area contributed by atoms with E-state index in [9.17, 15) is 9.90 Å². The quantitative estimate of drug-likeness (QED) is 0.445. The Morgan fingerprint density at radius 2 is 2.09 bits per heavy atom. The van der Waals surface area contributed by atoms with Crippen LogP contribution in [0.4, 0.5) is 0 Å². The molecule has 0 radical (unpaired) electrons. The summed E-state index contributed by atoms with van der Waals surface area (Å²) in [6.45, 7) is 1.57. The maximum Gasteiger partial charge on any atom is 0.117 e. The Labute approximate surface area is 65.4 Å². The lowest BCUT2D eigenvalue weighted by molar-refractivity contribution is -0.900. The predicted octanol–water partition coefficient (Wildman–Crippen LogP) is -3.22. The van der Waals surface area contributed by atoms with Crippen LogP contribution in [0.3, 0.4) is 0 Å². The van der Waals surface area contributed by atoms with Crippen LogP contribution in [0.5, 0.6) is 0 Å². The standard InChI is InChI=1S/C7H13NO3/c9-6-1-3-8(4-2-6)5-7(10)11/h6,9H,1-5H2,(H,10,11). The highest BCUT2D eigenvalue weighted by Gasteiger charge is 2.19. The molecular weight excluding hydrogens is 146 g/mol. The van der Waals surface area contributed by atoms with Gasteiger partial charge >= 0.3 is 0 Å². The van der Waals surface area contributed by atoms with Crippen LogP contribution in [0.1, 0.15) is 12.8 Å². The van der Waals surface area contributed by atoms with E-state index in [4.69, 9.17) is 5.11 Å². The highest BCUT2D eigenvalue weighted by molar-refractivity contribution is 5.65. The van der Waals surface area contributed by atoms with Crippen molar-refractivity contribution in [2.24, 2.45) is 0 Å². The lowest BCUT2D eigenvalue weighted by Gasteiger charge is -2.26. The van der Waals surface area contributed by atoms with Gasteiger partial charge in [0.15, 0.2) is 0 Å². The van der Waals surface area contributed by atoms with E-state index >= 15 is 0 Å². The zero-order chi connectivity index (χ0) is 8.27. The second-order valence-electron chi connectivity index (χ2n) is 3.03. The number of carboxylic acid groups (broad SMARTS) is 1. The normalized spacial score (nSPS) is 31.7. The Morgan fingerprint density at radius 1 is 1.55 bits per heavy atom. The molecule has 64 valence electrons. The first-order valence-corrected chi connectivity index (χ1v) is 3.90. The van der Waals surface area contributed by atoms with Crippen molar-refractivity contribution in [3.05, 3.63) is 0 Å². The van der Waals surface area contributed by atoms with Crippen molar-refractivity contribution < 1.29 is 19.9 Å². The molecule has 0 aromatic heterocycles. The topological polar surface area (TPSA) is 64.8 Å². The van der Waals surface area contributed by atoms with Gasteiger partial charge in [0.25, 0.3) is 0 Å². The number of carbonyl (C=O) groups excluding carboxylic acids is 1. The number of aliphatic carboxylic acids is 1. The molecule has 0 saturated carbocycles. The smallest absolute Gasteiger partial charge is 0.117 e. The first-order chi connectivity index (χ1) is 5.18. The molecule has 1 aliphatic heterocycles. The molecule has 1 heterocycles. The molecule has 1 saturated heterocycles. The van der Waals surface area contributed by atoms with Crippen LogP contribution in [0.25, 0.3) is 0 Å². The summed E-state index contributed by atoms with van der Waals surface area (Å²) in [6, 6.07) is 0. The zero-order valence-electron chi connectivity index (χ0n) is 6.38. The summed E-state index contributed by atoms with van der Waals surface area (Å²) < 4.78 is 0. The van der Waals surface area contributed by atoms with Crippen molar-refractivity contribution >= 4 is 5.97 Å². The monoisotopic (exact) mass is 159 g/mol. The Morgan fingerprint density at radius 3 is 2.55 bits per heavy atom. The fourth-order valence-corrected chi connectivity index (χ4v) is 1.39. The zero-order valence-corrected chi connectivity index (χ0v) is 6.38. The van der Waals surface area contributed by atoms with Crippen molar-refractivity contribution in [2.45, 2.75) is 18.9 Å². The van der Waals surface area contributed by atoms with Crippen LogP contribution in [0.2, 0.25) is 0 Å². The van der Waals surface area contributed by atoms with Gasteiger partial charge in [-0.25, -0.2) is 0 Å². The molecule has 0 unspecified atom stereocenters. The van der Waals surface area contributed by atoms with Gasteiger partial charge in [-0.05, 0) is 0 Å². The molecule has 0 bridgehead atoms. The molecule has 0 amide bonds. The van der Waals surface area contributed by atoms with E-state index in [-0.39, 0.29) is 12.6 Å². The molecule has 0 atom stereocenters. The minimum atomic E-state index is -1.00. The van der Waals surface area contributed by atoms with Gasteiger partial charge < -0.3 is 19.9 Å². The summed E-state index contributed by atoms with van der Waals surface area (Å²) in [5.74, 6) is -1.00. The molecular formula is C7H13NO3. The second-order valence-corrected chi connectivity index (χ2v) is 3.03. The fourth-order valence-electron chi connectivity index (χ4n) is 1.39. The lowest BCUT2D eigenvalue weighted by Crippen LogP contribution is -3.14. The average molecular weight is 159 g/mol. The summed E-state index contributed by atoms with van der Waals surface area (Å²) in [5, 5.41) is 19.2. The number of carbonyl (C=O) groups is 1. The molecule has 1 rings (SSSR count). The number of carboxylic acids is 1. The Bertz CT molecular complexity index is 141. The molecule has 0 spiro atoms. The van der Waals surface area contributed by atoms with Crippen LogP contribution in [0.15, 0.2) is 0 Å². The number of piperidine rings is 1. The summed E-state index contributed by atoms with van der Waals surface area (Å²) in [6.07, 6.45) is 1.20. The van der Waals surface area contributed by atoms with E-state index in [0.29, 0.717) is 12.8 Å². The van der Waals surface area contributed by atoms with Gasteiger partial charge in [-0.2, -0.15) is 0 Å². The van der Waals surface area contributed by atoms with E-state index in [1.807, 2.05) is 0 Å². The van der Waals surface area contributed by atoms with Gasteiger partial charge in [-0.1, -0.05) is 0 Å². The third-order valence-electron chi connectivity index (χ3n) is 2.06. The van der Waals surface area contributed by atoms with Crippen LogP contribution >= 0.6 is 0 Å². The fraction of sp³-hybridized carbons (Fsp3) is 0.857. The van der Waals surface area contributed by atoms with Gasteiger partial charge in [0.1, 0.15) is 6.54 Å². The minimum absolute atomic E-state index is 0.0761. The van der Waals surface area contributed by atoms with Gasteiger partial charge in [0, 0.05) is 12.8 Å². The molecule has 0 aliphatic carbocycles. The molecule has 2 N–H and O–H groups in total. The highest BCUT2D eigenvalue weighted by Crippen LogP contribution is 1.96. The number of hydrogen-bond acceptors (Lipinski definition) is 3. The van der Waals surface area contributed by atoms with Gasteiger partial charge in [0.2, 0.25) is 0 Å². The Hall–Kier alpha value is -0.610. The number of nitrogens with one attached hydrogen (secondary N) is 1. The molecule has 4 heteroatoms. The number of aliphatic hydroxyl groups is 1. The molecule has 1 fully saturated rings. The van der Waals surface area contributed by atoms with E-state index in [1.165, 1.54) is 0 Å². The Balaban J connectivity index is 2.22. The van der Waals surface area contributed by atoms with Crippen molar-refractivity contribution in [1.82, 2.24) is 0 Å². The number of quaternary nitrogens is 1. The van der Waals surface area contributed by atoms with Crippen LogP contribution in [-0.4, -0.2) is 36.8 Å². The largest absolute Gasteiger partial charge is 0.544 e. The molecule has 0 aromatic rings. The molecule has 11 heavy (non-hydrogen) atoms. The Kier molecular flexibility index (Phi) is 2.84. The van der Waals surface area contributed by atoms with Gasteiger partial charge in [0.05, 0.1) is 25.2 Å². The third kappa shape index (κ3) is 2.86. The number of hydrogen-bond donors (Lipinski definition) is 2. The number of likely N-dealkylation sites (tertiary alicyclic amines) is 1.